The number of aromatic nitrogens is 1. The van der Waals surface area contributed by atoms with E-state index in [4.69, 9.17) is 27.9 Å². The third-order valence-electron chi connectivity index (χ3n) is 3.27. The number of nitrogens with zero attached hydrogens (tertiary/aromatic N) is 2. The first-order chi connectivity index (χ1) is 9.11. The first kappa shape index (κ1) is 12.8. The molecule has 19 heavy (non-hydrogen) atoms. The fourth-order valence-electron chi connectivity index (χ4n) is 2.44. The van der Waals surface area contributed by atoms with E-state index in [2.05, 4.69) is 9.88 Å². The van der Waals surface area contributed by atoms with Gasteiger partial charge in [-0.15, -0.1) is 11.6 Å². The topological polar surface area (TPSA) is 42.4 Å². The number of carbonyl (C=O) groups excluding carboxylic acids is 1. The minimum Gasteiger partial charge on any atom is -0.453 e. The predicted octanol–water partition coefficient (Wildman–Crippen LogP) is 2.36. The van der Waals surface area contributed by atoms with Crippen LogP contribution in [0.2, 0.25) is 5.15 Å². The van der Waals surface area contributed by atoms with Gasteiger partial charge in [0.1, 0.15) is 11.3 Å². The fraction of sp³-hybridized carbons (Fsp3) is 0.385. The molecule has 2 aliphatic rings. The first-order valence-corrected chi connectivity index (χ1v) is 6.85. The van der Waals surface area contributed by atoms with E-state index in [-0.39, 0.29) is 17.5 Å². The van der Waals surface area contributed by atoms with Crippen molar-refractivity contribution < 1.29 is 9.53 Å². The second kappa shape index (κ2) is 5.02. The van der Waals surface area contributed by atoms with Crippen molar-refractivity contribution in [2.45, 2.75) is 24.4 Å². The monoisotopic (exact) mass is 298 g/mol. The van der Waals surface area contributed by atoms with Gasteiger partial charge in [-0.05, 0) is 11.6 Å². The van der Waals surface area contributed by atoms with Gasteiger partial charge in [0.2, 0.25) is 0 Å². The number of pyridine rings is 1. The van der Waals surface area contributed by atoms with E-state index in [1.807, 2.05) is 6.07 Å². The average Bonchev–Trinajstić information content (AvgIpc) is 2.72. The average molecular weight is 299 g/mol. The lowest BCUT2D eigenvalue weighted by atomic mass is 10.0. The predicted molar refractivity (Wildman–Crippen MR) is 71.9 cm³/mol. The number of hydrogen-bond acceptors (Lipinski definition) is 4. The van der Waals surface area contributed by atoms with Gasteiger partial charge in [-0.3, -0.25) is 0 Å². The van der Waals surface area contributed by atoms with Gasteiger partial charge in [-0.1, -0.05) is 17.7 Å². The van der Waals surface area contributed by atoms with Crippen molar-refractivity contribution in [3.63, 3.8) is 0 Å². The molecule has 100 valence electrons. The second-order valence-electron chi connectivity index (χ2n) is 4.70. The van der Waals surface area contributed by atoms with Gasteiger partial charge < -0.3 is 9.64 Å². The Labute approximate surface area is 121 Å². The molecule has 0 aromatic carbocycles. The van der Waals surface area contributed by atoms with E-state index in [0.717, 1.165) is 11.3 Å². The van der Waals surface area contributed by atoms with Crippen LogP contribution in [0.25, 0.3) is 0 Å². The number of esters is 1. The SMILES string of the molecule is O=C1C=C2C(CC(Cl)CN2Cc2ccc(Cl)nc2)O1. The molecule has 6 heteroatoms. The summed E-state index contributed by atoms with van der Waals surface area (Å²) in [6.07, 6.45) is 3.75. The van der Waals surface area contributed by atoms with E-state index in [0.29, 0.717) is 24.7 Å². The molecule has 0 spiro atoms. The van der Waals surface area contributed by atoms with Gasteiger partial charge in [0, 0.05) is 31.8 Å². The summed E-state index contributed by atoms with van der Waals surface area (Å²) >= 11 is 12.0. The maximum Gasteiger partial charge on any atom is 0.333 e. The van der Waals surface area contributed by atoms with Crippen molar-refractivity contribution in [1.82, 2.24) is 9.88 Å². The van der Waals surface area contributed by atoms with Gasteiger partial charge in [0.15, 0.2) is 0 Å². The van der Waals surface area contributed by atoms with Crippen LogP contribution in [0.3, 0.4) is 0 Å². The van der Waals surface area contributed by atoms with Crippen molar-refractivity contribution in [2.24, 2.45) is 0 Å². The molecule has 1 aromatic rings. The number of piperidine rings is 1. The van der Waals surface area contributed by atoms with E-state index in [9.17, 15) is 4.79 Å². The number of hydrogen-bond donors (Lipinski definition) is 0. The zero-order chi connectivity index (χ0) is 13.4. The molecule has 0 aliphatic carbocycles. The highest BCUT2D eigenvalue weighted by Gasteiger charge is 2.36. The van der Waals surface area contributed by atoms with Crippen molar-refractivity contribution in [1.29, 1.82) is 0 Å². The summed E-state index contributed by atoms with van der Waals surface area (Å²) in [5.41, 5.74) is 1.94. The van der Waals surface area contributed by atoms with E-state index in [1.54, 1.807) is 18.3 Å². The highest BCUT2D eigenvalue weighted by atomic mass is 35.5. The number of ether oxygens (including phenoxy) is 1. The smallest absolute Gasteiger partial charge is 0.333 e. The normalized spacial score (nSPS) is 25.9. The van der Waals surface area contributed by atoms with Crippen LogP contribution < -0.4 is 0 Å². The molecule has 1 saturated heterocycles. The Kier molecular flexibility index (Phi) is 3.37. The van der Waals surface area contributed by atoms with Gasteiger partial charge in [-0.25, -0.2) is 9.78 Å². The molecule has 2 aliphatic heterocycles. The molecule has 1 aromatic heterocycles. The summed E-state index contributed by atoms with van der Waals surface area (Å²) in [5.74, 6) is -0.287. The first-order valence-electron chi connectivity index (χ1n) is 6.03. The van der Waals surface area contributed by atoms with Crippen LogP contribution in [-0.2, 0) is 16.1 Å². The van der Waals surface area contributed by atoms with Crippen LogP contribution in [-0.4, -0.2) is 33.9 Å². The summed E-state index contributed by atoms with van der Waals surface area (Å²) in [6.45, 7) is 1.34. The molecule has 0 bridgehead atoms. The number of rotatable bonds is 2. The number of carbonyl (C=O) groups is 1. The molecule has 0 N–H and O–H groups in total. The Hall–Kier alpha value is -1.26. The zero-order valence-corrected chi connectivity index (χ0v) is 11.6. The van der Waals surface area contributed by atoms with Crippen molar-refractivity contribution in [3.8, 4) is 0 Å². The highest BCUT2D eigenvalue weighted by molar-refractivity contribution is 6.29. The molecule has 1 fully saturated rings. The molecule has 0 saturated carbocycles. The van der Waals surface area contributed by atoms with E-state index in [1.165, 1.54) is 0 Å². The lowest BCUT2D eigenvalue weighted by molar-refractivity contribution is -0.139. The van der Waals surface area contributed by atoms with Crippen LogP contribution >= 0.6 is 23.2 Å². The van der Waals surface area contributed by atoms with Gasteiger partial charge in [-0.2, -0.15) is 0 Å². The van der Waals surface area contributed by atoms with Crippen molar-refractivity contribution in [3.05, 3.63) is 40.8 Å². The summed E-state index contributed by atoms with van der Waals surface area (Å²) in [4.78, 5) is 17.5. The molecule has 3 rings (SSSR count). The Morgan fingerprint density at radius 2 is 2.32 bits per heavy atom. The standard InChI is InChI=1S/C13H12Cl2N2O2/c14-9-3-11-10(4-13(18)19-11)17(7-9)6-8-1-2-12(15)16-5-8/h1-2,4-5,9,11H,3,6-7H2. The molecule has 2 atom stereocenters. The second-order valence-corrected chi connectivity index (χ2v) is 5.70. The van der Waals surface area contributed by atoms with Crippen LogP contribution in [0, 0.1) is 0 Å². The van der Waals surface area contributed by atoms with Crippen LogP contribution in [0.15, 0.2) is 30.1 Å². The Balaban J connectivity index is 1.80. The quantitative estimate of drug-likeness (QED) is 0.477. The van der Waals surface area contributed by atoms with Crippen molar-refractivity contribution in [2.75, 3.05) is 6.54 Å². The molecule has 3 heterocycles. The molecular formula is C13H12Cl2N2O2. The van der Waals surface area contributed by atoms with Gasteiger partial charge >= 0.3 is 5.97 Å². The zero-order valence-electron chi connectivity index (χ0n) is 10.1. The van der Waals surface area contributed by atoms with Crippen LogP contribution in [0.4, 0.5) is 0 Å². The van der Waals surface area contributed by atoms with Gasteiger partial charge in [0.05, 0.1) is 11.1 Å². The van der Waals surface area contributed by atoms with Crippen molar-refractivity contribution >= 4 is 29.2 Å². The maximum absolute atomic E-state index is 11.4. The molecular weight excluding hydrogens is 287 g/mol. The van der Waals surface area contributed by atoms with E-state index < -0.39 is 0 Å². The van der Waals surface area contributed by atoms with Crippen LogP contribution in [0.5, 0.6) is 0 Å². The number of alkyl halides is 1. The largest absolute Gasteiger partial charge is 0.453 e. The number of likely N-dealkylation sites (tertiary alicyclic amines) is 1. The minimum absolute atomic E-state index is 0.0201. The molecule has 0 amide bonds. The number of fused-ring (bicyclic) bond motifs is 1. The third-order valence-corrected chi connectivity index (χ3v) is 3.81. The Bertz CT molecular complexity index is 530. The summed E-state index contributed by atoms with van der Waals surface area (Å²) in [5, 5.41) is 0.447. The Morgan fingerprint density at radius 3 is 3.05 bits per heavy atom. The van der Waals surface area contributed by atoms with Gasteiger partial charge in [0.25, 0.3) is 0 Å². The fourth-order valence-corrected chi connectivity index (χ4v) is 2.88. The highest BCUT2D eigenvalue weighted by Crippen LogP contribution is 2.31. The lowest BCUT2D eigenvalue weighted by Crippen LogP contribution is -2.40. The van der Waals surface area contributed by atoms with Crippen LogP contribution in [0.1, 0.15) is 12.0 Å². The lowest BCUT2D eigenvalue weighted by Gasteiger charge is -2.35. The summed E-state index contributed by atoms with van der Waals surface area (Å²) < 4.78 is 5.23. The summed E-state index contributed by atoms with van der Waals surface area (Å²) in [7, 11) is 0. The Morgan fingerprint density at radius 1 is 1.47 bits per heavy atom. The maximum atomic E-state index is 11.4. The summed E-state index contributed by atoms with van der Waals surface area (Å²) in [6, 6.07) is 3.67. The molecule has 4 nitrogen and oxygen atoms in total. The minimum atomic E-state index is -0.287. The molecule has 0 radical (unpaired) electrons. The van der Waals surface area contributed by atoms with E-state index >= 15 is 0 Å². The molecule has 2 unspecified atom stereocenters. The number of halogens is 2. The third kappa shape index (κ3) is 2.69.